The molecule has 0 aromatic carbocycles. The van der Waals surface area contributed by atoms with Crippen molar-refractivity contribution in [3.8, 4) is 11.4 Å². The van der Waals surface area contributed by atoms with Crippen molar-refractivity contribution < 1.29 is 0 Å². The molecular formula is C14H17N5O. The molecule has 6 nitrogen and oxygen atoms in total. The summed E-state index contributed by atoms with van der Waals surface area (Å²) in [6, 6.07) is 0. The molecule has 104 valence electrons. The first kappa shape index (κ1) is 12.9. The van der Waals surface area contributed by atoms with Gasteiger partial charge in [-0.25, -0.2) is 15.0 Å². The molecule has 1 aliphatic rings. The SMILES string of the molecule is CCCN1CCc2c(nc(-c3cncnc3)[nH]c2=O)C1. The van der Waals surface area contributed by atoms with E-state index >= 15 is 0 Å². The average Bonchev–Trinajstić information content (AvgIpc) is 2.48. The van der Waals surface area contributed by atoms with Gasteiger partial charge in [0.15, 0.2) is 0 Å². The zero-order valence-corrected chi connectivity index (χ0v) is 11.5. The van der Waals surface area contributed by atoms with Gasteiger partial charge >= 0.3 is 0 Å². The van der Waals surface area contributed by atoms with Crippen LogP contribution in [-0.4, -0.2) is 37.9 Å². The van der Waals surface area contributed by atoms with Gasteiger partial charge < -0.3 is 4.98 Å². The van der Waals surface area contributed by atoms with Crippen LogP contribution in [0.25, 0.3) is 11.4 Å². The minimum atomic E-state index is -0.0370. The van der Waals surface area contributed by atoms with E-state index in [2.05, 4.69) is 31.8 Å². The van der Waals surface area contributed by atoms with E-state index in [0.29, 0.717) is 5.82 Å². The molecule has 1 N–H and O–H groups in total. The summed E-state index contributed by atoms with van der Waals surface area (Å²) in [5.41, 5.74) is 2.40. The van der Waals surface area contributed by atoms with E-state index in [1.54, 1.807) is 12.4 Å². The van der Waals surface area contributed by atoms with Crippen LogP contribution in [0, 0.1) is 0 Å². The summed E-state index contributed by atoms with van der Waals surface area (Å²) in [5.74, 6) is 0.549. The minimum absolute atomic E-state index is 0.0370. The first-order valence-electron chi connectivity index (χ1n) is 6.87. The molecule has 0 fully saturated rings. The Morgan fingerprint density at radius 3 is 2.90 bits per heavy atom. The third-order valence-electron chi connectivity index (χ3n) is 3.53. The van der Waals surface area contributed by atoms with Gasteiger partial charge in [-0.3, -0.25) is 9.69 Å². The first-order valence-corrected chi connectivity index (χ1v) is 6.87. The van der Waals surface area contributed by atoms with E-state index in [1.165, 1.54) is 6.33 Å². The summed E-state index contributed by atoms with van der Waals surface area (Å²) in [5, 5.41) is 0. The lowest BCUT2D eigenvalue weighted by Gasteiger charge is -2.27. The maximum atomic E-state index is 12.2. The van der Waals surface area contributed by atoms with Crippen LogP contribution in [0.5, 0.6) is 0 Å². The van der Waals surface area contributed by atoms with E-state index in [-0.39, 0.29) is 5.56 Å². The topological polar surface area (TPSA) is 74.8 Å². The lowest BCUT2D eigenvalue weighted by atomic mass is 10.1. The number of aromatic amines is 1. The second kappa shape index (κ2) is 5.50. The Morgan fingerprint density at radius 2 is 2.15 bits per heavy atom. The summed E-state index contributed by atoms with van der Waals surface area (Å²) in [7, 11) is 0. The number of nitrogens with one attached hydrogen (secondary N) is 1. The molecule has 0 bridgehead atoms. The fourth-order valence-corrected chi connectivity index (χ4v) is 2.56. The molecule has 0 aliphatic carbocycles. The van der Waals surface area contributed by atoms with E-state index in [9.17, 15) is 4.79 Å². The molecule has 0 saturated heterocycles. The Morgan fingerprint density at radius 1 is 1.35 bits per heavy atom. The highest BCUT2D eigenvalue weighted by Gasteiger charge is 2.20. The van der Waals surface area contributed by atoms with Crippen LogP contribution in [0.4, 0.5) is 0 Å². The van der Waals surface area contributed by atoms with Gasteiger partial charge in [0.2, 0.25) is 0 Å². The smallest absolute Gasteiger partial charge is 0.254 e. The number of rotatable bonds is 3. The van der Waals surface area contributed by atoms with Crippen LogP contribution in [0.3, 0.4) is 0 Å². The minimum Gasteiger partial charge on any atom is -0.306 e. The van der Waals surface area contributed by atoms with Crippen molar-refractivity contribution in [1.82, 2.24) is 24.8 Å². The van der Waals surface area contributed by atoms with Crippen molar-refractivity contribution >= 4 is 0 Å². The molecule has 0 radical (unpaired) electrons. The summed E-state index contributed by atoms with van der Waals surface area (Å²) in [4.78, 5) is 29.9. The Bertz CT molecular complexity index is 652. The zero-order valence-electron chi connectivity index (χ0n) is 11.5. The molecule has 0 saturated carbocycles. The Labute approximate surface area is 116 Å². The summed E-state index contributed by atoms with van der Waals surface area (Å²) in [6.07, 6.45) is 6.65. The highest BCUT2D eigenvalue weighted by molar-refractivity contribution is 5.52. The molecule has 6 heteroatoms. The molecule has 3 heterocycles. The molecule has 3 rings (SSSR count). The van der Waals surface area contributed by atoms with Crippen molar-refractivity contribution in [2.24, 2.45) is 0 Å². The molecule has 0 spiro atoms. The van der Waals surface area contributed by atoms with Crippen LogP contribution >= 0.6 is 0 Å². The Hall–Kier alpha value is -2.08. The summed E-state index contributed by atoms with van der Waals surface area (Å²) in [6.45, 7) is 4.87. The van der Waals surface area contributed by atoms with Crippen molar-refractivity contribution in [2.45, 2.75) is 26.3 Å². The standard InChI is InChI=1S/C14H17N5O/c1-2-4-19-5-3-11-12(8-19)17-13(18-14(11)20)10-6-15-9-16-7-10/h6-7,9H,2-5,8H2,1H3,(H,17,18,20). The van der Waals surface area contributed by atoms with E-state index in [1.807, 2.05) is 0 Å². The number of hydrogen-bond donors (Lipinski definition) is 1. The molecule has 2 aromatic rings. The molecule has 0 atom stereocenters. The van der Waals surface area contributed by atoms with Gasteiger partial charge in [0.1, 0.15) is 12.2 Å². The summed E-state index contributed by atoms with van der Waals surface area (Å²) < 4.78 is 0. The fraction of sp³-hybridized carbons (Fsp3) is 0.429. The molecule has 0 amide bonds. The fourth-order valence-electron chi connectivity index (χ4n) is 2.56. The normalized spacial score (nSPS) is 15.1. The van der Waals surface area contributed by atoms with Crippen LogP contribution in [0.1, 0.15) is 24.6 Å². The quantitative estimate of drug-likeness (QED) is 0.901. The third kappa shape index (κ3) is 2.46. The second-order valence-electron chi connectivity index (χ2n) is 4.99. The van der Waals surface area contributed by atoms with Gasteiger partial charge in [0, 0.05) is 31.0 Å². The Kier molecular flexibility index (Phi) is 3.56. The van der Waals surface area contributed by atoms with Gasteiger partial charge in [-0.15, -0.1) is 0 Å². The van der Waals surface area contributed by atoms with Crippen molar-refractivity contribution in [2.75, 3.05) is 13.1 Å². The second-order valence-corrected chi connectivity index (χ2v) is 4.99. The molecule has 2 aromatic heterocycles. The molecule has 0 unspecified atom stereocenters. The highest BCUT2D eigenvalue weighted by atomic mass is 16.1. The molecular weight excluding hydrogens is 254 g/mol. The van der Waals surface area contributed by atoms with E-state index in [4.69, 9.17) is 0 Å². The van der Waals surface area contributed by atoms with E-state index < -0.39 is 0 Å². The third-order valence-corrected chi connectivity index (χ3v) is 3.53. The largest absolute Gasteiger partial charge is 0.306 e. The van der Waals surface area contributed by atoms with Gasteiger partial charge in [-0.1, -0.05) is 6.92 Å². The number of hydrogen-bond acceptors (Lipinski definition) is 5. The lowest BCUT2D eigenvalue weighted by molar-refractivity contribution is 0.250. The number of H-pyrrole nitrogens is 1. The van der Waals surface area contributed by atoms with Crippen molar-refractivity contribution in [3.63, 3.8) is 0 Å². The Balaban J connectivity index is 1.99. The van der Waals surface area contributed by atoms with Crippen molar-refractivity contribution in [1.29, 1.82) is 0 Å². The van der Waals surface area contributed by atoms with Crippen LogP contribution in [0.2, 0.25) is 0 Å². The van der Waals surface area contributed by atoms with Crippen molar-refractivity contribution in [3.05, 3.63) is 40.3 Å². The zero-order chi connectivity index (χ0) is 13.9. The number of nitrogens with zero attached hydrogens (tertiary/aromatic N) is 4. The number of fused-ring (bicyclic) bond motifs is 1. The predicted octanol–water partition coefficient (Wildman–Crippen LogP) is 0.995. The van der Waals surface area contributed by atoms with Gasteiger partial charge in [0.25, 0.3) is 5.56 Å². The average molecular weight is 271 g/mol. The highest BCUT2D eigenvalue weighted by Crippen LogP contribution is 2.17. The van der Waals surface area contributed by atoms with Crippen LogP contribution in [-0.2, 0) is 13.0 Å². The van der Waals surface area contributed by atoms with Crippen LogP contribution < -0.4 is 5.56 Å². The number of aromatic nitrogens is 4. The summed E-state index contributed by atoms with van der Waals surface area (Å²) >= 11 is 0. The van der Waals surface area contributed by atoms with Gasteiger partial charge in [-0.05, 0) is 19.4 Å². The first-order chi connectivity index (χ1) is 9.78. The molecule has 1 aliphatic heterocycles. The lowest BCUT2D eigenvalue weighted by Crippen LogP contribution is -2.35. The molecule has 20 heavy (non-hydrogen) atoms. The van der Waals surface area contributed by atoms with Gasteiger partial charge in [0.05, 0.1) is 11.3 Å². The van der Waals surface area contributed by atoms with Crippen LogP contribution in [0.15, 0.2) is 23.5 Å². The van der Waals surface area contributed by atoms with Gasteiger partial charge in [-0.2, -0.15) is 0 Å². The van der Waals surface area contributed by atoms with E-state index in [0.717, 1.165) is 49.3 Å². The monoisotopic (exact) mass is 271 g/mol. The maximum absolute atomic E-state index is 12.2. The maximum Gasteiger partial charge on any atom is 0.254 e. The predicted molar refractivity (Wildman–Crippen MR) is 75.2 cm³/mol.